The number of carbonyl (C=O) groups excluding carboxylic acids is 2. The van der Waals surface area contributed by atoms with Crippen LogP contribution in [-0.4, -0.2) is 57.4 Å². The predicted octanol–water partition coefficient (Wildman–Crippen LogP) is 0.928. The van der Waals surface area contributed by atoms with E-state index in [0.29, 0.717) is 50.8 Å². The Kier molecular flexibility index (Phi) is 6.60. The summed E-state index contributed by atoms with van der Waals surface area (Å²) in [5, 5.41) is 11.1. The maximum absolute atomic E-state index is 12.5. The first-order chi connectivity index (χ1) is 12.7. The standard InChI is InChI=1S/C18H30N6O2/c19-9-12-24-13-16(21-22-24)18(26)23-10-7-14(8-11-23)17(25)20-15-5-3-1-2-4-6-15/h13-15H,1-12,19H2,(H,20,25). The first kappa shape index (κ1) is 18.8. The van der Waals surface area contributed by atoms with Crippen molar-refractivity contribution in [3.8, 4) is 0 Å². The summed E-state index contributed by atoms with van der Waals surface area (Å²) >= 11 is 0. The normalized spacial score (nSPS) is 20.0. The largest absolute Gasteiger partial charge is 0.353 e. The monoisotopic (exact) mass is 362 g/mol. The number of aromatic nitrogens is 3. The van der Waals surface area contributed by atoms with Gasteiger partial charge in [0, 0.05) is 31.6 Å². The lowest BCUT2D eigenvalue weighted by atomic mass is 9.95. The van der Waals surface area contributed by atoms with E-state index in [9.17, 15) is 9.59 Å². The van der Waals surface area contributed by atoms with E-state index in [-0.39, 0.29) is 17.7 Å². The summed E-state index contributed by atoms with van der Waals surface area (Å²) in [6, 6.07) is 0.335. The molecule has 1 saturated carbocycles. The first-order valence-corrected chi connectivity index (χ1v) is 9.87. The van der Waals surface area contributed by atoms with Crippen molar-refractivity contribution in [3.63, 3.8) is 0 Å². The van der Waals surface area contributed by atoms with Gasteiger partial charge in [0.1, 0.15) is 0 Å². The second-order valence-electron chi connectivity index (χ2n) is 7.42. The van der Waals surface area contributed by atoms with Crippen molar-refractivity contribution in [1.29, 1.82) is 0 Å². The van der Waals surface area contributed by atoms with Crippen molar-refractivity contribution < 1.29 is 9.59 Å². The van der Waals surface area contributed by atoms with E-state index in [4.69, 9.17) is 5.73 Å². The SMILES string of the molecule is NCCn1cc(C(=O)N2CCC(C(=O)NC3CCCCCC3)CC2)nn1. The Morgan fingerprint density at radius 2 is 1.81 bits per heavy atom. The van der Waals surface area contributed by atoms with Crippen molar-refractivity contribution in [2.75, 3.05) is 19.6 Å². The summed E-state index contributed by atoms with van der Waals surface area (Å²) in [5.41, 5.74) is 5.83. The number of amides is 2. The first-order valence-electron chi connectivity index (χ1n) is 9.87. The average Bonchev–Trinajstić information content (AvgIpc) is 2.97. The number of carbonyl (C=O) groups is 2. The number of nitrogens with two attached hydrogens (primary N) is 1. The Bertz CT molecular complexity index is 601. The molecule has 1 aliphatic heterocycles. The van der Waals surface area contributed by atoms with Crippen LogP contribution >= 0.6 is 0 Å². The number of likely N-dealkylation sites (tertiary alicyclic amines) is 1. The molecule has 3 rings (SSSR count). The van der Waals surface area contributed by atoms with Crippen LogP contribution in [0.4, 0.5) is 0 Å². The fraction of sp³-hybridized carbons (Fsp3) is 0.778. The number of nitrogens with one attached hydrogen (secondary N) is 1. The molecule has 8 heteroatoms. The van der Waals surface area contributed by atoms with Gasteiger partial charge in [-0.1, -0.05) is 30.9 Å². The number of hydrogen-bond donors (Lipinski definition) is 2. The Hall–Kier alpha value is -1.96. The number of hydrogen-bond acceptors (Lipinski definition) is 5. The van der Waals surface area contributed by atoms with Crippen molar-refractivity contribution in [3.05, 3.63) is 11.9 Å². The average molecular weight is 362 g/mol. The summed E-state index contributed by atoms with van der Waals surface area (Å²) in [5.74, 6) is 0.0593. The third-order valence-corrected chi connectivity index (χ3v) is 5.47. The zero-order valence-electron chi connectivity index (χ0n) is 15.4. The predicted molar refractivity (Wildman–Crippen MR) is 97.3 cm³/mol. The van der Waals surface area contributed by atoms with Gasteiger partial charge in [0.15, 0.2) is 5.69 Å². The van der Waals surface area contributed by atoms with Gasteiger partial charge in [-0.25, -0.2) is 0 Å². The van der Waals surface area contributed by atoms with Gasteiger partial charge in [-0.3, -0.25) is 14.3 Å². The van der Waals surface area contributed by atoms with E-state index in [1.165, 1.54) is 25.7 Å². The summed E-state index contributed by atoms with van der Waals surface area (Å²) < 4.78 is 1.58. The van der Waals surface area contributed by atoms with Crippen LogP contribution in [0.1, 0.15) is 61.9 Å². The fourth-order valence-corrected chi connectivity index (χ4v) is 3.89. The third-order valence-electron chi connectivity index (χ3n) is 5.47. The summed E-state index contributed by atoms with van der Waals surface area (Å²) in [6.07, 6.45) is 10.2. The lowest BCUT2D eigenvalue weighted by Gasteiger charge is -2.31. The van der Waals surface area contributed by atoms with Crippen LogP contribution in [0.3, 0.4) is 0 Å². The highest BCUT2D eigenvalue weighted by atomic mass is 16.2. The van der Waals surface area contributed by atoms with Gasteiger partial charge in [0.2, 0.25) is 5.91 Å². The molecule has 2 aliphatic rings. The summed E-state index contributed by atoms with van der Waals surface area (Å²) in [4.78, 5) is 26.8. The van der Waals surface area contributed by atoms with E-state index < -0.39 is 0 Å². The minimum atomic E-state index is -0.115. The Balaban J connectivity index is 1.46. The van der Waals surface area contributed by atoms with Crippen LogP contribution in [0.5, 0.6) is 0 Å². The number of nitrogens with zero attached hydrogens (tertiary/aromatic N) is 4. The molecule has 3 N–H and O–H groups in total. The molecule has 0 atom stereocenters. The van der Waals surface area contributed by atoms with Crippen molar-refractivity contribution in [2.24, 2.45) is 11.7 Å². The zero-order valence-corrected chi connectivity index (χ0v) is 15.4. The second-order valence-corrected chi connectivity index (χ2v) is 7.42. The van der Waals surface area contributed by atoms with Crippen LogP contribution < -0.4 is 11.1 Å². The topological polar surface area (TPSA) is 106 Å². The van der Waals surface area contributed by atoms with Crippen LogP contribution in [0.2, 0.25) is 0 Å². The molecule has 0 spiro atoms. The lowest BCUT2D eigenvalue weighted by Crippen LogP contribution is -2.45. The quantitative estimate of drug-likeness (QED) is 0.758. The van der Waals surface area contributed by atoms with E-state index >= 15 is 0 Å². The minimum Gasteiger partial charge on any atom is -0.353 e. The van der Waals surface area contributed by atoms with Gasteiger partial charge < -0.3 is 16.0 Å². The van der Waals surface area contributed by atoms with E-state index in [2.05, 4.69) is 15.6 Å². The molecule has 8 nitrogen and oxygen atoms in total. The van der Waals surface area contributed by atoms with Crippen LogP contribution in [0, 0.1) is 5.92 Å². The minimum absolute atomic E-state index is 0.00947. The van der Waals surface area contributed by atoms with E-state index in [1.54, 1.807) is 15.8 Å². The van der Waals surface area contributed by atoms with Crippen molar-refractivity contribution in [1.82, 2.24) is 25.2 Å². The smallest absolute Gasteiger partial charge is 0.276 e. The van der Waals surface area contributed by atoms with Gasteiger partial charge >= 0.3 is 0 Å². The lowest BCUT2D eigenvalue weighted by molar-refractivity contribution is -0.127. The molecular weight excluding hydrogens is 332 g/mol. The highest BCUT2D eigenvalue weighted by Gasteiger charge is 2.29. The zero-order chi connectivity index (χ0) is 18.4. The molecule has 1 aromatic heterocycles. The fourth-order valence-electron chi connectivity index (χ4n) is 3.89. The molecule has 2 amide bonds. The van der Waals surface area contributed by atoms with Crippen molar-refractivity contribution >= 4 is 11.8 Å². The number of rotatable bonds is 5. The molecule has 0 unspecified atom stereocenters. The van der Waals surface area contributed by atoms with Crippen LogP contribution in [0.25, 0.3) is 0 Å². The highest BCUT2D eigenvalue weighted by Crippen LogP contribution is 2.21. The molecule has 1 aromatic rings. The molecule has 0 aromatic carbocycles. The van der Waals surface area contributed by atoms with Gasteiger partial charge in [-0.2, -0.15) is 0 Å². The highest BCUT2D eigenvalue weighted by molar-refractivity contribution is 5.92. The maximum atomic E-state index is 12.5. The van der Waals surface area contributed by atoms with Crippen LogP contribution in [-0.2, 0) is 11.3 Å². The Morgan fingerprint density at radius 1 is 1.12 bits per heavy atom. The molecular formula is C18H30N6O2. The van der Waals surface area contributed by atoms with E-state index in [0.717, 1.165) is 12.8 Å². The summed E-state index contributed by atoms with van der Waals surface area (Å²) in [7, 11) is 0. The van der Waals surface area contributed by atoms with Gasteiger partial charge in [0.25, 0.3) is 5.91 Å². The van der Waals surface area contributed by atoms with Gasteiger partial charge in [0.05, 0.1) is 12.7 Å². The Morgan fingerprint density at radius 3 is 2.46 bits per heavy atom. The molecule has 2 fully saturated rings. The van der Waals surface area contributed by atoms with E-state index in [1.807, 2.05) is 0 Å². The number of piperidine rings is 1. The van der Waals surface area contributed by atoms with Crippen LogP contribution in [0.15, 0.2) is 6.20 Å². The molecule has 144 valence electrons. The second kappa shape index (κ2) is 9.12. The van der Waals surface area contributed by atoms with Crippen molar-refractivity contribution in [2.45, 2.75) is 64.0 Å². The molecule has 0 radical (unpaired) electrons. The summed E-state index contributed by atoms with van der Waals surface area (Å²) in [6.45, 7) is 2.18. The molecule has 26 heavy (non-hydrogen) atoms. The molecule has 0 bridgehead atoms. The maximum Gasteiger partial charge on any atom is 0.276 e. The van der Waals surface area contributed by atoms with Gasteiger partial charge in [-0.05, 0) is 25.7 Å². The van der Waals surface area contributed by atoms with Gasteiger partial charge in [-0.15, -0.1) is 5.10 Å². The molecule has 1 aliphatic carbocycles. The molecule has 1 saturated heterocycles. The third kappa shape index (κ3) is 4.81. The molecule has 2 heterocycles. The Labute approximate surface area is 154 Å².